The number of nitrogens with zero attached hydrogens (tertiary/aromatic N) is 2. The highest BCUT2D eigenvalue weighted by molar-refractivity contribution is 6.34. The fourth-order valence-corrected chi connectivity index (χ4v) is 2.30. The molecule has 1 atom stereocenters. The highest BCUT2D eigenvalue weighted by Crippen LogP contribution is 2.33. The Morgan fingerprint density at radius 2 is 2.31 bits per heavy atom. The van der Waals surface area contributed by atoms with E-state index in [1.165, 1.54) is 0 Å². The number of hydrogen-bond acceptors (Lipinski definition) is 2. The Bertz CT molecular complexity index is 458. The molecule has 1 unspecified atom stereocenters. The summed E-state index contributed by atoms with van der Waals surface area (Å²) in [5, 5.41) is 9.39. The third kappa shape index (κ3) is 1.77. The van der Waals surface area contributed by atoms with Crippen LogP contribution >= 0.6 is 11.6 Å². The first-order chi connectivity index (χ1) is 7.63. The summed E-state index contributed by atoms with van der Waals surface area (Å²) < 4.78 is 0. The van der Waals surface area contributed by atoms with Crippen LogP contribution in [0.3, 0.4) is 0 Å². The molecule has 0 aliphatic carbocycles. The summed E-state index contributed by atoms with van der Waals surface area (Å²) >= 11 is 6.09. The zero-order chi connectivity index (χ0) is 11.7. The van der Waals surface area contributed by atoms with Crippen LogP contribution in [0, 0.1) is 24.2 Å². The molecule has 0 radical (unpaired) electrons. The summed E-state index contributed by atoms with van der Waals surface area (Å²) in [4.78, 5) is 13.4. The molecule has 1 saturated heterocycles. The largest absolute Gasteiger partial charge is 0.309 e. The Balaban J connectivity index is 2.39. The Hall–Kier alpha value is -1.53. The molecule has 1 heterocycles. The SMILES string of the molecule is Cc1cccc(Cl)c1N1CC(C#N)CC1=O. The van der Waals surface area contributed by atoms with Gasteiger partial charge in [-0.2, -0.15) is 5.26 Å². The molecular formula is C12H11ClN2O. The molecule has 3 nitrogen and oxygen atoms in total. The van der Waals surface area contributed by atoms with Crippen LogP contribution in [0.5, 0.6) is 0 Å². The van der Waals surface area contributed by atoms with Gasteiger partial charge in [0.15, 0.2) is 0 Å². The first kappa shape index (κ1) is 11.0. The van der Waals surface area contributed by atoms with E-state index in [4.69, 9.17) is 16.9 Å². The number of carbonyl (C=O) groups is 1. The summed E-state index contributed by atoms with van der Waals surface area (Å²) in [5.41, 5.74) is 1.70. The zero-order valence-electron chi connectivity index (χ0n) is 8.90. The van der Waals surface area contributed by atoms with E-state index in [1.54, 1.807) is 11.0 Å². The van der Waals surface area contributed by atoms with Crippen molar-refractivity contribution in [1.82, 2.24) is 0 Å². The van der Waals surface area contributed by atoms with Gasteiger partial charge in [-0.15, -0.1) is 0 Å². The van der Waals surface area contributed by atoms with Gasteiger partial charge in [-0.05, 0) is 18.6 Å². The fraction of sp³-hybridized carbons (Fsp3) is 0.333. The number of amides is 1. The summed E-state index contributed by atoms with van der Waals surface area (Å²) in [6.07, 6.45) is 0.293. The molecule has 1 aromatic rings. The maximum atomic E-state index is 11.8. The minimum Gasteiger partial charge on any atom is -0.309 e. The van der Waals surface area contributed by atoms with E-state index in [9.17, 15) is 4.79 Å². The van der Waals surface area contributed by atoms with E-state index >= 15 is 0 Å². The van der Waals surface area contributed by atoms with Crippen molar-refractivity contribution in [2.75, 3.05) is 11.4 Å². The van der Waals surface area contributed by atoms with E-state index in [0.29, 0.717) is 18.0 Å². The highest BCUT2D eigenvalue weighted by atomic mass is 35.5. The van der Waals surface area contributed by atoms with Crippen LogP contribution in [-0.4, -0.2) is 12.5 Å². The van der Waals surface area contributed by atoms with Gasteiger partial charge < -0.3 is 4.90 Å². The minimum atomic E-state index is -0.219. The number of aryl methyl sites for hydroxylation is 1. The summed E-state index contributed by atoms with van der Waals surface area (Å²) in [5.74, 6) is -0.245. The third-order valence-corrected chi connectivity index (χ3v) is 3.07. The van der Waals surface area contributed by atoms with Crippen molar-refractivity contribution in [2.45, 2.75) is 13.3 Å². The van der Waals surface area contributed by atoms with E-state index in [2.05, 4.69) is 6.07 Å². The summed E-state index contributed by atoms with van der Waals surface area (Å²) in [6, 6.07) is 7.65. The standard InChI is InChI=1S/C12H11ClN2O/c1-8-3-2-4-10(13)12(8)15-7-9(6-14)5-11(15)16/h2-4,9H,5,7H2,1H3. The van der Waals surface area contributed by atoms with E-state index < -0.39 is 0 Å². The van der Waals surface area contributed by atoms with Gasteiger partial charge in [0, 0.05) is 13.0 Å². The summed E-state index contributed by atoms with van der Waals surface area (Å²) in [7, 11) is 0. The molecule has 1 aliphatic rings. The zero-order valence-corrected chi connectivity index (χ0v) is 9.66. The van der Waals surface area contributed by atoms with Crippen LogP contribution in [0.25, 0.3) is 0 Å². The third-order valence-electron chi connectivity index (χ3n) is 2.77. The Kier molecular flexibility index (Phi) is 2.84. The smallest absolute Gasteiger partial charge is 0.228 e. The second-order valence-electron chi connectivity index (χ2n) is 3.94. The number of hydrogen-bond donors (Lipinski definition) is 0. The van der Waals surface area contributed by atoms with Crippen molar-refractivity contribution in [3.8, 4) is 6.07 Å². The van der Waals surface area contributed by atoms with Crippen molar-refractivity contribution < 1.29 is 4.79 Å². The number of carbonyl (C=O) groups excluding carboxylic acids is 1. The predicted octanol–water partition coefficient (Wildman–Crippen LogP) is 2.52. The van der Waals surface area contributed by atoms with Crippen LogP contribution in [0.15, 0.2) is 18.2 Å². The van der Waals surface area contributed by atoms with Gasteiger partial charge in [0.25, 0.3) is 0 Å². The van der Waals surface area contributed by atoms with Crippen molar-refractivity contribution in [1.29, 1.82) is 5.26 Å². The first-order valence-electron chi connectivity index (χ1n) is 5.08. The van der Waals surface area contributed by atoms with Crippen molar-refractivity contribution in [3.05, 3.63) is 28.8 Å². The van der Waals surface area contributed by atoms with Crippen molar-refractivity contribution in [3.63, 3.8) is 0 Å². The number of benzene rings is 1. The van der Waals surface area contributed by atoms with Crippen molar-refractivity contribution >= 4 is 23.2 Å². The molecule has 0 aromatic heterocycles. The molecule has 1 aromatic carbocycles. The lowest BCUT2D eigenvalue weighted by molar-refractivity contribution is -0.117. The molecule has 4 heteroatoms. The molecule has 0 saturated carbocycles. The normalized spacial score (nSPS) is 19.9. The highest BCUT2D eigenvalue weighted by Gasteiger charge is 2.32. The number of halogens is 1. The first-order valence-corrected chi connectivity index (χ1v) is 5.46. The lowest BCUT2D eigenvalue weighted by atomic mass is 10.1. The van der Waals surface area contributed by atoms with Gasteiger partial charge in [-0.3, -0.25) is 4.79 Å². The van der Waals surface area contributed by atoms with Crippen molar-refractivity contribution in [2.24, 2.45) is 5.92 Å². The molecule has 2 rings (SSSR count). The average molecular weight is 235 g/mol. The molecule has 0 bridgehead atoms. The topological polar surface area (TPSA) is 44.1 Å². The Labute approximate surface area is 99.2 Å². The maximum Gasteiger partial charge on any atom is 0.228 e. The number of anilines is 1. The summed E-state index contributed by atoms with van der Waals surface area (Å²) in [6.45, 7) is 2.36. The molecule has 1 fully saturated rings. The van der Waals surface area contributed by atoms with E-state index in [0.717, 1.165) is 11.3 Å². The maximum absolute atomic E-state index is 11.8. The Morgan fingerprint density at radius 3 is 2.88 bits per heavy atom. The quantitative estimate of drug-likeness (QED) is 0.750. The van der Waals surface area contributed by atoms with E-state index in [1.807, 2.05) is 19.1 Å². The van der Waals surface area contributed by atoms with Crippen LogP contribution in [0.1, 0.15) is 12.0 Å². The number of nitriles is 1. The lowest BCUT2D eigenvalue weighted by Gasteiger charge is -2.19. The number of para-hydroxylation sites is 1. The fourth-order valence-electron chi connectivity index (χ4n) is 1.98. The van der Waals surface area contributed by atoms with Gasteiger partial charge in [0.1, 0.15) is 0 Å². The van der Waals surface area contributed by atoms with Gasteiger partial charge in [-0.1, -0.05) is 23.7 Å². The van der Waals surface area contributed by atoms with Crippen LogP contribution < -0.4 is 4.90 Å². The van der Waals surface area contributed by atoms with E-state index in [-0.39, 0.29) is 11.8 Å². The average Bonchev–Trinajstić information content (AvgIpc) is 2.60. The minimum absolute atomic E-state index is 0.0252. The van der Waals surface area contributed by atoms with Gasteiger partial charge in [-0.25, -0.2) is 0 Å². The van der Waals surface area contributed by atoms with Crippen LogP contribution in [0.4, 0.5) is 5.69 Å². The predicted molar refractivity (Wildman–Crippen MR) is 62.3 cm³/mol. The molecule has 1 aliphatic heterocycles. The van der Waals surface area contributed by atoms with Gasteiger partial charge in [0.2, 0.25) is 5.91 Å². The molecule has 16 heavy (non-hydrogen) atoms. The second kappa shape index (κ2) is 4.15. The molecule has 1 amide bonds. The number of rotatable bonds is 1. The molecule has 0 spiro atoms. The molecular weight excluding hydrogens is 224 g/mol. The molecule has 0 N–H and O–H groups in total. The van der Waals surface area contributed by atoms with Gasteiger partial charge >= 0.3 is 0 Å². The lowest BCUT2D eigenvalue weighted by Crippen LogP contribution is -2.25. The van der Waals surface area contributed by atoms with Crippen LogP contribution in [0.2, 0.25) is 5.02 Å². The Morgan fingerprint density at radius 1 is 1.56 bits per heavy atom. The van der Waals surface area contributed by atoms with Gasteiger partial charge in [0.05, 0.1) is 22.7 Å². The molecule has 82 valence electrons. The monoisotopic (exact) mass is 234 g/mol. The van der Waals surface area contributed by atoms with Crippen LogP contribution in [-0.2, 0) is 4.79 Å². The second-order valence-corrected chi connectivity index (χ2v) is 4.35.